The summed E-state index contributed by atoms with van der Waals surface area (Å²) in [6.07, 6.45) is 4.15. The summed E-state index contributed by atoms with van der Waals surface area (Å²) in [4.78, 5) is 20.6. The predicted molar refractivity (Wildman–Crippen MR) is 93.8 cm³/mol. The molecule has 0 aliphatic rings. The van der Waals surface area contributed by atoms with Crippen LogP contribution in [0.4, 0.5) is 11.5 Å². The van der Waals surface area contributed by atoms with Crippen molar-refractivity contribution in [1.82, 2.24) is 9.97 Å². The van der Waals surface area contributed by atoms with Crippen LogP contribution in [-0.2, 0) is 0 Å². The van der Waals surface area contributed by atoms with Gasteiger partial charge in [0.2, 0.25) is 0 Å². The maximum atomic E-state index is 12.2. The Kier molecular flexibility index (Phi) is 5.68. The van der Waals surface area contributed by atoms with Gasteiger partial charge < -0.3 is 10.6 Å². The molecule has 0 spiro atoms. The predicted octanol–water partition coefficient (Wildman–Crippen LogP) is 3.80. The molecule has 0 saturated heterocycles. The third kappa shape index (κ3) is 5.06. The summed E-state index contributed by atoms with van der Waals surface area (Å²) in [6, 6.07) is 5.82. The molecular formula is C18H24N4O. The van der Waals surface area contributed by atoms with Gasteiger partial charge in [-0.25, -0.2) is 9.97 Å². The maximum Gasteiger partial charge on any atom is 0.275 e. The number of rotatable bonds is 6. The first-order chi connectivity index (χ1) is 11.0. The van der Waals surface area contributed by atoms with E-state index < -0.39 is 0 Å². The van der Waals surface area contributed by atoms with Crippen LogP contribution in [0.15, 0.2) is 30.6 Å². The molecule has 0 fully saturated rings. The molecule has 0 aliphatic carbocycles. The van der Waals surface area contributed by atoms with Crippen molar-refractivity contribution in [2.24, 2.45) is 5.92 Å². The molecule has 2 N–H and O–H groups in total. The second-order valence-corrected chi connectivity index (χ2v) is 6.15. The van der Waals surface area contributed by atoms with Gasteiger partial charge in [0.25, 0.3) is 5.91 Å². The Morgan fingerprint density at radius 3 is 2.52 bits per heavy atom. The first-order valence-electron chi connectivity index (χ1n) is 7.90. The SMILES string of the molecule is Cc1ccc(NC(=O)c2cnc(NCCC(C)C)cn2)cc1C. The molecule has 1 aromatic heterocycles. The van der Waals surface area contributed by atoms with Gasteiger partial charge in [-0.15, -0.1) is 0 Å². The molecule has 1 aromatic carbocycles. The molecule has 1 heterocycles. The number of amides is 1. The van der Waals surface area contributed by atoms with E-state index in [4.69, 9.17) is 0 Å². The maximum absolute atomic E-state index is 12.2. The van der Waals surface area contributed by atoms with Crippen LogP contribution in [0.5, 0.6) is 0 Å². The molecule has 0 aliphatic heterocycles. The number of hydrogen-bond acceptors (Lipinski definition) is 4. The number of carbonyl (C=O) groups is 1. The van der Waals surface area contributed by atoms with Crippen molar-refractivity contribution in [2.75, 3.05) is 17.2 Å². The highest BCUT2D eigenvalue weighted by Crippen LogP contribution is 2.15. The van der Waals surface area contributed by atoms with Crippen LogP contribution in [0.25, 0.3) is 0 Å². The van der Waals surface area contributed by atoms with Crippen molar-refractivity contribution in [3.63, 3.8) is 0 Å². The van der Waals surface area contributed by atoms with E-state index in [0.717, 1.165) is 24.2 Å². The van der Waals surface area contributed by atoms with Gasteiger partial charge in [0.15, 0.2) is 0 Å². The van der Waals surface area contributed by atoms with Gasteiger partial charge >= 0.3 is 0 Å². The first kappa shape index (κ1) is 16.9. The molecular weight excluding hydrogens is 288 g/mol. The average Bonchev–Trinajstić information content (AvgIpc) is 2.51. The van der Waals surface area contributed by atoms with E-state index >= 15 is 0 Å². The van der Waals surface area contributed by atoms with Gasteiger partial charge in [-0.3, -0.25) is 4.79 Å². The number of benzene rings is 1. The summed E-state index contributed by atoms with van der Waals surface area (Å²) in [5, 5.41) is 6.04. The van der Waals surface area contributed by atoms with E-state index in [0.29, 0.717) is 17.4 Å². The second-order valence-electron chi connectivity index (χ2n) is 6.15. The van der Waals surface area contributed by atoms with Crippen molar-refractivity contribution in [1.29, 1.82) is 0 Å². The van der Waals surface area contributed by atoms with Gasteiger partial charge in [0, 0.05) is 12.2 Å². The molecule has 0 saturated carbocycles. The zero-order chi connectivity index (χ0) is 16.8. The molecule has 2 aromatic rings. The van der Waals surface area contributed by atoms with Crippen molar-refractivity contribution < 1.29 is 4.79 Å². The van der Waals surface area contributed by atoms with Gasteiger partial charge in [0.1, 0.15) is 11.5 Å². The fraction of sp³-hybridized carbons (Fsp3) is 0.389. The summed E-state index contributed by atoms with van der Waals surface area (Å²) in [6.45, 7) is 9.25. The zero-order valence-electron chi connectivity index (χ0n) is 14.2. The van der Waals surface area contributed by atoms with Crippen LogP contribution in [0.2, 0.25) is 0 Å². The summed E-state index contributed by atoms with van der Waals surface area (Å²) in [7, 11) is 0. The van der Waals surface area contributed by atoms with Crippen LogP contribution in [-0.4, -0.2) is 22.4 Å². The summed E-state index contributed by atoms with van der Waals surface area (Å²) < 4.78 is 0. The minimum absolute atomic E-state index is 0.255. The van der Waals surface area contributed by atoms with Crippen LogP contribution >= 0.6 is 0 Å². The van der Waals surface area contributed by atoms with Crippen LogP contribution in [0.3, 0.4) is 0 Å². The molecule has 1 amide bonds. The molecule has 122 valence electrons. The lowest BCUT2D eigenvalue weighted by atomic mass is 10.1. The van der Waals surface area contributed by atoms with E-state index in [1.54, 1.807) is 6.20 Å². The number of nitrogens with one attached hydrogen (secondary N) is 2. The number of carbonyl (C=O) groups excluding carboxylic acids is 1. The highest BCUT2D eigenvalue weighted by Gasteiger charge is 2.09. The molecule has 5 nitrogen and oxygen atoms in total. The minimum atomic E-state index is -0.255. The fourth-order valence-electron chi connectivity index (χ4n) is 2.04. The molecule has 5 heteroatoms. The van der Waals surface area contributed by atoms with E-state index in [1.165, 1.54) is 11.8 Å². The van der Waals surface area contributed by atoms with Crippen LogP contribution < -0.4 is 10.6 Å². The van der Waals surface area contributed by atoms with Gasteiger partial charge in [-0.2, -0.15) is 0 Å². The van der Waals surface area contributed by atoms with E-state index in [2.05, 4.69) is 34.4 Å². The third-order valence-corrected chi connectivity index (χ3v) is 3.68. The summed E-state index contributed by atoms with van der Waals surface area (Å²) >= 11 is 0. The van der Waals surface area contributed by atoms with Crippen molar-refractivity contribution in [2.45, 2.75) is 34.1 Å². The Labute approximate surface area is 137 Å². The molecule has 23 heavy (non-hydrogen) atoms. The highest BCUT2D eigenvalue weighted by atomic mass is 16.1. The normalized spacial score (nSPS) is 10.7. The van der Waals surface area contributed by atoms with Gasteiger partial charge in [-0.1, -0.05) is 19.9 Å². The lowest BCUT2D eigenvalue weighted by molar-refractivity contribution is 0.102. The van der Waals surface area contributed by atoms with Crippen LogP contribution in [0.1, 0.15) is 41.9 Å². The standard InChI is InChI=1S/C18H24N4O/c1-12(2)7-8-19-17-11-20-16(10-21-17)18(23)22-15-6-5-13(3)14(4)9-15/h5-6,9-12H,7-8H2,1-4H3,(H,19,21)(H,22,23). The lowest BCUT2D eigenvalue weighted by Gasteiger charge is -2.09. The summed E-state index contributed by atoms with van der Waals surface area (Å²) in [5.41, 5.74) is 3.40. The number of anilines is 2. The molecule has 0 unspecified atom stereocenters. The molecule has 0 atom stereocenters. The van der Waals surface area contributed by atoms with Crippen molar-refractivity contribution in [3.05, 3.63) is 47.4 Å². The molecule has 0 bridgehead atoms. The van der Waals surface area contributed by atoms with Gasteiger partial charge in [0.05, 0.1) is 12.4 Å². The monoisotopic (exact) mass is 312 g/mol. The van der Waals surface area contributed by atoms with E-state index in [-0.39, 0.29) is 5.91 Å². The number of hydrogen-bond donors (Lipinski definition) is 2. The Morgan fingerprint density at radius 2 is 1.91 bits per heavy atom. The van der Waals surface area contributed by atoms with Crippen LogP contribution in [0, 0.1) is 19.8 Å². The second kappa shape index (κ2) is 7.72. The lowest BCUT2D eigenvalue weighted by Crippen LogP contribution is -2.15. The fourth-order valence-corrected chi connectivity index (χ4v) is 2.04. The smallest absolute Gasteiger partial charge is 0.275 e. The Bertz CT molecular complexity index is 665. The highest BCUT2D eigenvalue weighted by molar-refractivity contribution is 6.02. The third-order valence-electron chi connectivity index (χ3n) is 3.68. The first-order valence-corrected chi connectivity index (χ1v) is 7.90. The average molecular weight is 312 g/mol. The zero-order valence-corrected chi connectivity index (χ0v) is 14.2. The minimum Gasteiger partial charge on any atom is -0.369 e. The van der Waals surface area contributed by atoms with Crippen molar-refractivity contribution >= 4 is 17.4 Å². The number of aryl methyl sites for hydroxylation is 2. The van der Waals surface area contributed by atoms with E-state index in [1.807, 2.05) is 32.0 Å². The molecule has 2 rings (SSSR count). The largest absolute Gasteiger partial charge is 0.369 e. The van der Waals surface area contributed by atoms with Gasteiger partial charge in [-0.05, 0) is 49.4 Å². The summed E-state index contributed by atoms with van der Waals surface area (Å²) in [5.74, 6) is 1.07. The van der Waals surface area contributed by atoms with E-state index in [9.17, 15) is 4.79 Å². The topological polar surface area (TPSA) is 66.9 Å². The number of nitrogens with zero attached hydrogens (tertiary/aromatic N) is 2. The van der Waals surface area contributed by atoms with Crippen molar-refractivity contribution in [3.8, 4) is 0 Å². The Balaban J connectivity index is 1.95. The quantitative estimate of drug-likeness (QED) is 0.851. The Morgan fingerprint density at radius 1 is 1.13 bits per heavy atom. The number of aromatic nitrogens is 2. The molecule has 0 radical (unpaired) electrons. The Hall–Kier alpha value is -2.43.